The minimum Gasteiger partial charge on any atom is -0.497 e. The Morgan fingerprint density at radius 1 is 1.27 bits per heavy atom. The van der Waals surface area contributed by atoms with Crippen LogP contribution in [0.4, 0.5) is 0 Å². The van der Waals surface area contributed by atoms with Gasteiger partial charge in [-0.3, -0.25) is 19.3 Å². The van der Waals surface area contributed by atoms with E-state index in [1.165, 1.54) is 20.3 Å². The van der Waals surface area contributed by atoms with Crippen molar-refractivity contribution in [2.45, 2.75) is 19.4 Å². The smallest absolute Gasteiger partial charge is 0.335 e. The van der Waals surface area contributed by atoms with Crippen LogP contribution < -0.4 is 4.74 Å². The van der Waals surface area contributed by atoms with E-state index in [0.29, 0.717) is 11.3 Å². The molecule has 1 unspecified atom stereocenters. The number of likely N-dealkylation sites (tertiary alicyclic amines) is 1. The second kappa shape index (κ2) is 8.28. The summed E-state index contributed by atoms with van der Waals surface area (Å²) in [6.45, 7) is 0.877. The number of amides is 2. The molecule has 1 saturated heterocycles. The monoisotopic (exact) mass is 361 g/mol. The Hall–Kier alpha value is -3.16. The van der Waals surface area contributed by atoms with E-state index in [1.54, 1.807) is 24.3 Å². The quantitative estimate of drug-likeness (QED) is 0.422. The molecule has 1 aliphatic heterocycles. The van der Waals surface area contributed by atoms with E-state index in [9.17, 15) is 19.2 Å². The van der Waals surface area contributed by atoms with Gasteiger partial charge in [-0.15, -0.1) is 0 Å². The van der Waals surface area contributed by atoms with Crippen molar-refractivity contribution >= 4 is 29.8 Å². The van der Waals surface area contributed by atoms with E-state index in [2.05, 4.69) is 0 Å². The van der Waals surface area contributed by atoms with E-state index in [1.807, 2.05) is 0 Å². The van der Waals surface area contributed by atoms with Gasteiger partial charge >= 0.3 is 11.9 Å². The largest absolute Gasteiger partial charge is 0.497 e. The van der Waals surface area contributed by atoms with Gasteiger partial charge in [-0.25, -0.2) is 4.79 Å². The summed E-state index contributed by atoms with van der Waals surface area (Å²) in [5.74, 6) is -1.93. The first kappa shape index (κ1) is 19.2. The third-order valence-electron chi connectivity index (χ3n) is 3.72. The summed E-state index contributed by atoms with van der Waals surface area (Å²) in [6, 6.07) is 6.91. The van der Waals surface area contributed by atoms with Gasteiger partial charge in [0.2, 0.25) is 5.91 Å². The molecular formula is C18H19NO7. The zero-order valence-electron chi connectivity index (χ0n) is 14.7. The van der Waals surface area contributed by atoms with Crippen LogP contribution in [0.2, 0.25) is 0 Å². The molecule has 1 atom stereocenters. The summed E-state index contributed by atoms with van der Waals surface area (Å²) in [4.78, 5) is 48.4. The molecule has 1 aliphatic rings. The Morgan fingerprint density at radius 3 is 2.62 bits per heavy atom. The number of carbonyl (C=O) groups is 4. The highest BCUT2D eigenvalue weighted by atomic mass is 16.5. The second-order valence-corrected chi connectivity index (χ2v) is 5.56. The summed E-state index contributed by atoms with van der Waals surface area (Å²) in [5.41, 5.74) is 0.742. The number of hydrogen-bond acceptors (Lipinski definition) is 7. The third-order valence-corrected chi connectivity index (χ3v) is 3.72. The average molecular weight is 361 g/mol. The standard InChI is InChI=1S/C18H19NO7/c1-11(20)26-15-9-16(21)19(17(15)22)10-13(18(23)25-3)7-12-5-4-6-14(8-12)24-2/h4-8,15H,9-10H2,1-3H3/b13-7+. The molecule has 0 aliphatic carbocycles. The van der Waals surface area contributed by atoms with Crippen LogP contribution in [0.3, 0.4) is 0 Å². The highest BCUT2D eigenvalue weighted by Gasteiger charge is 2.41. The van der Waals surface area contributed by atoms with E-state index in [-0.39, 0.29) is 18.5 Å². The molecule has 0 bridgehead atoms. The normalized spacial score (nSPS) is 17.3. The van der Waals surface area contributed by atoms with E-state index in [4.69, 9.17) is 14.2 Å². The SMILES string of the molecule is COC(=O)/C(=C/c1cccc(OC)c1)CN1C(=O)CC(OC(C)=O)C1=O. The van der Waals surface area contributed by atoms with Crippen molar-refractivity contribution in [2.24, 2.45) is 0 Å². The number of hydrogen-bond donors (Lipinski definition) is 0. The maximum absolute atomic E-state index is 12.3. The molecule has 138 valence electrons. The van der Waals surface area contributed by atoms with Gasteiger partial charge in [-0.2, -0.15) is 0 Å². The summed E-state index contributed by atoms with van der Waals surface area (Å²) in [7, 11) is 2.72. The predicted octanol–water partition coefficient (Wildman–Crippen LogP) is 0.942. The molecule has 1 fully saturated rings. The number of esters is 2. The van der Waals surface area contributed by atoms with Crippen molar-refractivity contribution in [2.75, 3.05) is 20.8 Å². The number of carbonyl (C=O) groups excluding carboxylic acids is 4. The minimum absolute atomic E-state index is 0.103. The van der Waals surface area contributed by atoms with Crippen molar-refractivity contribution in [1.82, 2.24) is 4.90 Å². The lowest BCUT2D eigenvalue weighted by molar-refractivity contribution is -0.154. The van der Waals surface area contributed by atoms with Crippen LogP contribution >= 0.6 is 0 Å². The molecule has 0 radical (unpaired) electrons. The number of nitrogens with zero attached hydrogens (tertiary/aromatic N) is 1. The first-order valence-electron chi connectivity index (χ1n) is 7.80. The fourth-order valence-corrected chi connectivity index (χ4v) is 2.51. The van der Waals surface area contributed by atoms with Crippen molar-refractivity contribution in [1.29, 1.82) is 0 Å². The van der Waals surface area contributed by atoms with Gasteiger partial charge in [0.1, 0.15) is 5.75 Å². The highest BCUT2D eigenvalue weighted by molar-refractivity contribution is 6.07. The molecule has 26 heavy (non-hydrogen) atoms. The van der Waals surface area contributed by atoms with E-state index < -0.39 is 29.9 Å². The second-order valence-electron chi connectivity index (χ2n) is 5.56. The van der Waals surface area contributed by atoms with Crippen LogP contribution in [0, 0.1) is 0 Å². The number of ether oxygens (including phenoxy) is 3. The Balaban J connectivity index is 2.26. The lowest BCUT2D eigenvalue weighted by Gasteiger charge is -2.16. The van der Waals surface area contributed by atoms with Crippen LogP contribution in [0.5, 0.6) is 5.75 Å². The Morgan fingerprint density at radius 2 is 2.00 bits per heavy atom. The number of imide groups is 1. The van der Waals surface area contributed by atoms with Crippen LogP contribution in [-0.4, -0.2) is 55.5 Å². The van der Waals surface area contributed by atoms with Crippen LogP contribution in [0.15, 0.2) is 29.8 Å². The molecule has 0 spiro atoms. The number of methoxy groups -OCH3 is 2. The topological polar surface area (TPSA) is 99.2 Å². The molecule has 2 amide bonds. The molecule has 2 rings (SSSR count). The summed E-state index contributed by atoms with van der Waals surface area (Å²) in [6.07, 6.45) is 0.107. The van der Waals surface area contributed by atoms with Crippen molar-refractivity contribution in [3.63, 3.8) is 0 Å². The summed E-state index contributed by atoms with van der Waals surface area (Å²) >= 11 is 0. The molecule has 8 nitrogen and oxygen atoms in total. The molecule has 1 aromatic rings. The lowest BCUT2D eigenvalue weighted by Crippen LogP contribution is -2.36. The van der Waals surface area contributed by atoms with Gasteiger partial charge in [-0.1, -0.05) is 12.1 Å². The highest BCUT2D eigenvalue weighted by Crippen LogP contribution is 2.21. The first-order valence-corrected chi connectivity index (χ1v) is 7.80. The Labute approximate surface area is 150 Å². The fraction of sp³-hybridized carbons (Fsp3) is 0.333. The summed E-state index contributed by atoms with van der Waals surface area (Å²) < 4.78 is 14.7. The van der Waals surface area contributed by atoms with Crippen LogP contribution in [0.25, 0.3) is 6.08 Å². The van der Waals surface area contributed by atoms with Crippen molar-refractivity contribution < 1.29 is 33.4 Å². The number of benzene rings is 1. The first-order chi connectivity index (χ1) is 12.3. The Bertz CT molecular complexity index is 769. The maximum atomic E-state index is 12.3. The average Bonchev–Trinajstić information content (AvgIpc) is 2.87. The van der Waals surface area contributed by atoms with Crippen LogP contribution in [0.1, 0.15) is 18.9 Å². The Kier molecular flexibility index (Phi) is 6.11. The van der Waals surface area contributed by atoms with Crippen molar-refractivity contribution in [3.05, 3.63) is 35.4 Å². The molecule has 0 N–H and O–H groups in total. The maximum Gasteiger partial charge on any atom is 0.335 e. The third kappa shape index (κ3) is 4.47. The van der Waals surface area contributed by atoms with Gasteiger partial charge in [0, 0.05) is 6.92 Å². The van der Waals surface area contributed by atoms with Crippen molar-refractivity contribution in [3.8, 4) is 5.75 Å². The van der Waals surface area contributed by atoms with Crippen LogP contribution in [-0.2, 0) is 28.7 Å². The molecular weight excluding hydrogens is 342 g/mol. The predicted molar refractivity (Wildman–Crippen MR) is 89.9 cm³/mol. The minimum atomic E-state index is -1.16. The molecule has 8 heteroatoms. The van der Waals surface area contributed by atoms with Gasteiger partial charge in [0.15, 0.2) is 6.10 Å². The van der Waals surface area contributed by atoms with Gasteiger partial charge in [0.25, 0.3) is 5.91 Å². The van der Waals surface area contributed by atoms with E-state index in [0.717, 1.165) is 11.8 Å². The van der Waals surface area contributed by atoms with E-state index >= 15 is 0 Å². The lowest BCUT2D eigenvalue weighted by atomic mass is 10.1. The summed E-state index contributed by atoms with van der Waals surface area (Å²) in [5, 5.41) is 0. The molecule has 1 heterocycles. The molecule has 1 aromatic carbocycles. The molecule has 0 saturated carbocycles. The number of rotatable bonds is 6. The van der Waals surface area contributed by atoms with Gasteiger partial charge in [0.05, 0.1) is 32.8 Å². The zero-order chi connectivity index (χ0) is 19.3. The molecule has 0 aromatic heterocycles. The fourth-order valence-electron chi connectivity index (χ4n) is 2.51. The van der Waals surface area contributed by atoms with Gasteiger partial charge in [-0.05, 0) is 23.8 Å². The zero-order valence-corrected chi connectivity index (χ0v) is 14.7. The van der Waals surface area contributed by atoms with Gasteiger partial charge < -0.3 is 14.2 Å².